The van der Waals surface area contributed by atoms with Gasteiger partial charge in [0, 0.05) is 48.5 Å². The number of ether oxygens (including phenoxy) is 1. The third kappa shape index (κ3) is 1.87. The molecule has 3 fully saturated rings. The van der Waals surface area contributed by atoms with Crippen LogP contribution in [-0.2, 0) is 4.74 Å². The molecule has 2 saturated heterocycles. The van der Waals surface area contributed by atoms with E-state index in [1.54, 1.807) is 0 Å². The van der Waals surface area contributed by atoms with E-state index in [2.05, 4.69) is 56.8 Å². The zero-order valence-electron chi connectivity index (χ0n) is 14.7. The molecule has 0 bridgehead atoms. The van der Waals surface area contributed by atoms with Crippen molar-refractivity contribution in [3.05, 3.63) is 0 Å². The Morgan fingerprint density at radius 2 is 1.86 bits per heavy atom. The highest BCUT2D eigenvalue weighted by Gasteiger charge is 2.61. The number of nitrogens with zero attached hydrogens (tertiary/aromatic N) is 2. The number of rotatable bonds is 1. The number of hydrogen-bond acceptors (Lipinski definition) is 2. The van der Waals surface area contributed by atoms with Gasteiger partial charge in [-0.2, -0.15) is 0 Å². The minimum atomic E-state index is 0.147. The van der Waals surface area contributed by atoms with Gasteiger partial charge in [-0.15, -0.1) is 0 Å². The summed E-state index contributed by atoms with van der Waals surface area (Å²) >= 11 is 0. The lowest BCUT2D eigenvalue weighted by molar-refractivity contribution is -0.112. The molecular weight excluding hydrogens is 262 g/mol. The molecule has 0 radical (unpaired) electrons. The Morgan fingerprint density at radius 1 is 1.19 bits per heavy atom. The van der Waals surface area contributed by atoms with Crippen LogP contribution in [0.4, 0.5) is 0 Å². The van der Waals surface area contributed by atoms with Gasteiger partial charge in [-0.1, -0.05) is 27.7 Å². The molecule has 1 saturated carbocycles. The predicted molar refractivity (Wildman–Crippen MR) is 86.5 cm³/mol. The van der Waals surface area contributed by atoms with Crippen LogP contribution in [0.3, 0.4) is 0 Å². The van der Waals surface area contributed by atoms with Crippen LogP contribution < -0.4 is 5.32 Å². The van der Waals surface area contributed by atoms with E-state index in [9.17, 15) is 0 Å². The molecule has 0 amide bonds. The summed E-state index contributed by atoms with van der Waals surface area (Å²) in [5, 5.41) is 3.76. The van der Waals surface area contributed by atoms with Crippen LogP contribution >= 0.6 is 0 Å². The summed E-state index contributed by atoms with van der Waals surface area (Å²) in [6.45, 7) is 15.9. The minimum absolute atomic E-state index is 0.147. The van der Waals surface area contributed by atoms with Gasteiger partial charge in [-0.3, -0.25) is 4.99 Å². The molecule has 2 heterocycles. The van der Waals surface area contributed by atoms with Gasteiger partial charge in [0.25, 0.3) is 0 Å². The highest BCUT2D eigenvalue weighted by atomic mass is 16.5. The fourth-order valence-corrected chi connectivity index (χ4v) is 4.42. The molecule has 1 aliphatic carbocycles. The summed E-state index contributed by atoms with van der Waals surface area (Å²) in [5.74, 6) is 1.71. The van der Waals surface area contributed by atoms with Crippen molar-refractivity contribution >= 4 is 5.96 Å². The second-order valence-corrected chi connectivity index (χ2v) is 8.76. The summed E-state index contributed by atoms with van der Waals surface area (Å²) in [6.07, 6.45) is 1.60. The third-order valence-corrected chi connectivity index (χ3v) is 6.74. The van der Waals surface area contributed by atoms with Gasteiger partial charge in [0.05, 0.1) is 6.10 Å². The Hall–Kier alpha value is -0.770. The molecule has 3 aliphatic rings. The number of fused-ring (bicyclic) bond motifs is 1. The smallest absolute Gasteiger partial charge is 0.194 e. The zero-order valence-corrected chi connectivity index (χ0v) is 14.7. The highest BCUT2D eigenvalue weighted by molar-refractivity contribution is 5.82. The summed E-state index contributed by atoms with van der Waals surface area (Å²) in [5.41, 5.74) is 0.675. The standard InChI is InChI=1S/C17H31N3O/c1-15(2)10-20(17(15,5)6)14(18-7)19-12-11-8-9-21-13(11)16(12,3)4/h11-13H,8-10H2,1-7H3,(H,18,19). The van der Waals surface area contributed by atoms with Crippen molar-refractivity contribution in [2.45, 2.75) is 65.6 Å². The van der Waals surface area contributed by atoms with Crippen molar-refractivity contribution in [2.24, 2.45) is 21.7 Å². The Morgan fingerprint density at radius 3 is 2.38 bits per heavy atom. The second-order valence-electron chi connectivity index (χ2n) is 8.76. The number of likely N-dealkylation sites (tertiary alicyclic amines) is 1. The van der Waals surface area contributed by atoms with Gasteiger partial charge in [0.15, 0.2) is 5.96 Å². The van der Waals surface area contributed by atoms with Gasteiger partial charge < -0.3 is 15.0 Å². The van der Waals surface area contributed by atoms with E-state index < -0.39 is 0 Å². The Balaban J connectivity index is 1.73. The lowest BCUT2D eigenvalue weighted by Gasteiger charge is -2.63. The zero-order chi connectivity index (χ0) is 15.6. The maximum atomic E-state index is 5.89. The topological polar surface area (TPSA) is 36.9 Å². The van der Waals surface area contributed by atoms with Gasteiger partial charge in [0.1, 0.15) is 0 Å². The first-order valence-electron chi connectivity index (χ1n) is 8.25. The minimum Gasteiger partial charge on any atom is -0.377 e. The molecule has 4 heteroatoms. The molecule has 3 unspecified atom stereocenters. The van der Waals surface area contributed by atoms with Crippen molar-refractivity contribution in [3.8, 4) is 0 Å². The quantitative estimate of drug-likeness (QED) is 0.596. The van der Waals surface area contributed by atoms with Crippen LogP contribution in [0.5, 0.6) is 0 Å². The SMILES string of the molecule is CN=C(NC1C2CCOC2C1(C)C)N1CC(C)(C)C1(C)C. The van der Waals surface area contributed by atoms with Crippen molar-refractivity contribution in [2.75, 3.05) is 20.2 Å². The van der Waals surface area contributed by atoms with Gasteiger partial charge in [-0.05, 0) is 20.3 Å². The first-order valence-corrected chi connectivity index (χ1v) is 8.25. The van der Waals surface area contributed by atoms with Crippen molar-refractivity contribution < 1.29 is 4.74 Å². The molecule has 2 aliphatic heterocycles. The maximum Gasteiger partial charge on any atom is 0.194 e. The molecule has 3 atom stereocenters. The summed E-state index contributed by atoms with van der Waals surface area (Å²) in [4.78, 5) is 6.99. The fourth-order valence-electron chi connectivity index (χ4n) is 4.42. The lowest BCUT2D eigenvalue weighted by Crippen LogP contribution is -2.75. The molecule has 0 aromatic carbocycles. The number of hydrogen-bond donors (Lipinski definition) is 1. The van der Waals surface area contributed by atoms with Crippen molar-refractivity contribution in [1.29, 1.82) is 0 Å². The van der Waals surface area contributed by atoms with Gasteiger partial charge >= 0.3 is 0 Å². The maximum absolute atomic E-state index is 5.89. The van der Waals surface area contributed by atoms with E-state index in [0.29, 0.717) is 23.5 Å². The molecule has 1 N–H and O–H groups in total. The largest absolute Gasteiger partial charge is 0.377 e. The highest BCUT2D eigenvalue weighted by Crippen LogP contribution is 2.53. The fraction of sp³-hybridized carbons (Fsp3) is 0.941. The van der Waals surface area contributed by atoms with Crippen LogP contribution in [0, 0.1) is 16.7 Å². The molecule has 3 rings (SSSR count). The van der Waals surface area contributed by atoms with Gasteiger partial charge in [0.2, 0.25) is 0 Å². The first-order chi connectivity index (χ1) is 9.63. The Labute approximate surface area is 129 Å². The average molecular weight is 293 g/mol. The van der Waals surface area contributed by atoms with Crippen molar-refractivity contribution in [1.82, 2.24) is 10.2 Å². The number of nitrogens with one attached hydrogen (secondary N) is 1. The van der Waals surface area contributed by atoms with E-state index in [4.69, 9.17) is 4.74 Å². The molecule has 0 aromatic rings. The van der Waals surface area contributed by atoms with Crippen LogP contribution in [0.2, 0.25) is 0 Å². The Kier molecular flexibility index (Phi) is 3.15. The van der Waals surface area contributed by atoms with E-state index in [1.807, 2.05) is 7.05 Å². The second kappa shape index (κ2) is 4.37. The summed E-state index contributed by atoms with van der Waals surface area (Å²) < 4.78 is 5.89. The van der Waals surface area contributed by atoms with Crippen LogP contribution in [0.15, 0.2) is 4.99 Å². The summed E-state index contributed by atoms with van der Waals surface area (Å²) in [7, 11) is 1.90. The first kappa shape index (κ1) is 15.1. The van der Waals surface area contributed by atoms with E-state index in [-0.39, 0.29) is 11.0 Å². The van der Waals surface area contributed by atoms with E-state index in [1.165, 1.54) is 6.42 Å². The predicted octanol–water partition coefficient (Wildman–Crippen LogP) is 2.50. The normalized spacial score (nSPS) is 39.3. The third-order valence-electron chi connectivity index (χ3n) is 6.74. The molecular formula is C17H31N3O. The molecule has 4 nitrogen and oxygen atoms in total. The molecule has 120 valence electrons. The van der Waals surface area contributed by atoms with E-state index in [0.717, 1.165) is 19.1 Å². The average Bonchev–Trinajstić information content (AvgIpc) is 2.84. The molecule has 0 spiro atoms. The van der Waals surface area contributed by atoms with Crippen LogP contribution in [0.25, 0.3) is 0 Å². The Bertz CT molecular complexity index is 467. The van der Waals surface area contributed by atoms with Crippen LogP contribution in [0.1, 0.15) is 48.0 Å². The van der Waals surface area contributed by atoms with Crippen LogP contribution in [-0.4, -0.2) is 48.7 Å². The summed E-state index contributed by atoms with van der Waals surface area (Å²) in [6, 6.07) is 0.475. The van der Waals surface area contributed by atoms with Crippen molar-refractivity contribution in [3.63, 3.8) is 0 Å². The molecule has 0 aromatic heterocycles. The number of aliphatic imine (C=N–C) groups is 1. The number of guanidine groups is 1. The monoisotopic (exact) mass is 293 g/mol. The molecule has 21 heavy (non-hydrogen) atoms. The van der Waals surface area contributed by atoms with E-state index >= 15 is 0 Å². The lowest BCUT2D eigenvalue weighted by atomic mass is 9.57. The van der Waals surface area contributed by atoms with Gasteiger partial charge in [-0.25, -0.2) is 0 Å².